The molecular formula is C13H13BrN2. The molecule has 1 aliphatic rings. The Bertz CT molecular complexity index is 520. The summed E-state index contributed by atoms with van der Waals surface area (Å²) >= 11 is 3.47. The van der Waals surface area contributed by atoms with Gasteiger partial charge in [0.1, 0.15) is 5.82 Å². The minimum atomic E-state index is 0.875. The second-order valence-electron chi connectivity index (χ2n) is 4.36. The van der Waals surface area contributed by atoms with E-state index in [4.69, 9.17) is 0 Å². The van der Waals surface area contributed by atoms with Crippen molar-refractivity contribution in [1.82, 2.24) is 4.98 Å². The Hall–Kier alpha value is -1.09. The number of nitrogens with one attached hydrogen (secondary N) is 1. The molecule has 16 heavy (non-hydrogen) atoms. The second kappa shape index (κ2) is 4.06. The van der Waals surface area contributed by atoms with Gasteiger partial charge in [0.05, 0.1) is 5.52 Å². The van der Waals surface area contributed by atoms with Crippen molar-refractivity contribution in [2.75, 3.05) is 11.9 Å². The largest absolute Gasteiger partial charge is 0.370 e. The molecule has 1 heterocycles. The number of nitrogens with zero attached hydrogens (tertiary/aromatic N) is 1. The number of anilines is 1. The third-order valence-electron chi connectivity index (χ3n) is 2.92. The van der Waals surface area contributed by atoms with E-state index in [2.05, 4.69) is 50.5 Å². The van der Waals surface area contributed by atoms with E-state index in [1.165, 1.54) is 18.2 Å². The first-order chi connectivity index (χ1) is 7.81. The number of pyridine rings is 1. The fourth-order valence-electron chi connectivity index (χ4n) is 1.76. The Kier molecular flexibility index (Phi) is 2.56. The van der Waals surface area contributed by atoms with Gasteiger partial charge < -0.3 is 5.32 Å². The topological polar surface area (TPSA) is 24.9 Å². The highest BCUT2D eigenvalue weighted by molar-refractivity contribution is 9.10. The fraction of sp³-hybridized carbons (Fsp3) is 0.308. The molecule has 2 nitrogen and oxygen atoms in total. The monoisotopic (exact) mass is 276 g/mol. The predicted molar refractivity (Wildman–Crippen MR) is 70.7 cm³/mol. The summed E-state index contributed by atoms with van der Waals surface area (Å²) in [5, 5.41) is 4.57. The van der Waals surface area contributed by atoms with Gasteiger partial charge in [0.25, 0.3) is 0 Å². The number of benzene rings is 1. The third-order valence-corrected chi connectivity index (χ3v) is 3.42. The predicted octanol–water partition coefficient (Wildman–Crippen LogP) is 3.82. The molecule has 0 atom stereocenters. The quantitative estimate of drug-likeness (QED) is 0.922. The van der Waals surface area contributed by atoms with Crippen molar-refractivity contribution in [2.24, 2.45) is 5.92 Å². The number of fused-ring (bicyclic) bond motifs is 1. The molecule has 0 saturated heterocycles. The standard InChI is InChI=1S/C13H13BrN2/c14-11-5-3-10-4-6-13(16-12(10)7-11)15-8-9-1-2-9/h3-7,9H,1-2,8H2,(H,15,16). The molecule has 3 heteroatoms. The average molecular weight is 277 g/mol. The van der Waals surface area contributed by atoms with Crippen LogP contribution in [0.25, 0.3) is 10.9 Å². The molecule has 0 amide bonds. The van der Waals surface area contributed by atoms with Crippen molar-refractivity contribution in [3.63, 3.8) is 0 Å². The highest BCUT2D eigenvalue weighted by Crippen LogP contribution is 2.29. The molecule has 1 fully saturated rings. The van der Waals surface area contributed by atoms with Crippen molar-refractivity contribution < 1.29 is 0 Å². The van der Waals surface area contributed by atoms with E-state index >= 15 is 0 Å². The summed E-state index contributed by atoms with van der Waals surface area (Å²) in [4.78, 5) is 4.59. The van der Waals surface area contributed by atoms with Gasteiger partial charge in [0.15, 0.2) is 0 Å². The number of halogens is 1. The Labute approximate surface area is 103 Å². The first kappa shape index (κ1) is 10.1. The van der Waals surface area contributed by atoms with Gasteiger partial charge in [-0.15, -0.1) is 0 Å². The Morgan fingerprint density at radius 1 is 1.25 bits per heavy atom. The van der Waals surface area contributed by atoms with Crippen LogP contribution in [0.2, 0.25) is 0 Å². The van der Waals surface area contributed by atoms with Gasteiger partial charge >= 0.3 is 0 Å². The molecule has 0 spiro atoms. The van der Waals surface area contributed by atoms with Gasteiger partial charge in [-0.05, 0) is 43.0 Å². The molecule has 1 aromatic carbocycles. The SMILES string of the molecule is Brc1ccc2ccc(NCC3CC3)nc2c1. The van der Waals surface area contributed by atoms with Gasteiger partial charge in [-0.1, -0.05) is 22.0 Å². The van der Waals surface area contributed by atoms with Crippen molar-refractivity contribution >= 4 is 32.7 Å². The lowest BCUT2D eigenvalue weighted by atomic mass is 10.2. The summed E-state index contributed by atoms with van der Waals surface area (Å²) in [6.07, 6.45) is 2.73. The fourth-order valence-corrected chi connectivity index (χ4v) is 2.11. The van der Waals surface area contributed by atoms with E-state index in [-0.39, 0.29) is 0 Å². The second-order valence-corrected chi connectivity index (χ2v) is 5.27. The average Bonchev–Trinajstić information content (AvgIpc) is 3.09. The zero-order valence-electron chi connectivity index (χ0n) is 8.91. The van der Waals surface area contributed by atoms with Crippen LogP contribution in [0.4, 0.5) is 5.82 Å². The van der Waals surface area contributed by atoms with Gasteiger partial charge in [0.2, 0.25) is 0 Å². The molecule has 3 rings (SSSR count). The lowest BCUT2D eigenvalue weighted by Gasteiger charge is -2.05. The molecule has 1 aromatic heterocycles. The number of hydrogen-bond donors (Lipinski definition) is 1. The number of hydrogen-bond acceptors (Lipinski definition) is 2. The summed E-state index contributed by atoms with van der Waals surface area (Å²) in [7, 11) is 0. The minimum Gasteiger partial charge on any atom is -0.370 e. The van der Waals surface area contributed by atoms with Crippen LogP contribution < -0.4 is 5.32 Å². The van der Waals surface area contributed by atoms with Crippen molar-refractivity contribution in [3.8, 4) is 0 Å². The van der Waals surface area contributed by atoms with Crippen LogP contribution in [0.5, 0.6) is 0 Å². The Balaban J connectivity index is 1.87. The van der Waals surface area contributed by atoms with E-state index in [1.54, 1.807) is 0 Å². The zero-order chi connectivity index (χ0) is 11.0. The van der Waals surface area contributed by atoms with E-state index in [1.807, 2.05) is 6.07 Å². The minimum absolute atomic E-state index is 0.875. The third kappa shape index (κ3) is 2.19. The van der Waals surface area contributed by atoms with Crippen LogP contribution >= 0.6 is 15.9 Å². The van der Waals surface area contributed by atoms with Gasteiger partial charge in [-0.3, -0.25) is 0 Å². The molecule has 1 saturated carbocycles. The number of rotatable bonds is 3. The lowest BCUT2D eigenvalue weighted by Crippen LogP contribution is -2.04. The molecule has 1 aliphatic carbocycles. The maximum absolute atomic E-state index is 4.59. The van der Waals surface area contributed by atoms with E-state index in [0.717, 1.165) is 28.3 Å². The first-order valence-corrected chi connectivity index (χ1v) is 6.41. The molecule has 1 N–H and O–H groups in total. The summed E-state index contributed by atoms with van der Waals surface area (Å²) in [6, 6.07) is 10.3. The molecule has 2 aromatic rings. The van der Waals surface area contributed by atoms with Crippen molar-refractivity contribution in [1.29, 1.82) is 0 Å². The first-order valence-electron chi connectivity index (χ1n) is 5.61. The molecule has 0 aliphatic heterocycles. The maximum atomic E-state index is 4.59. The molecule has 0 bridgehead atoms. The van der Waals surface area contributed by atoms with Crippen LogP contribution in [-0.4, -0.2) is 11.5 Å². The highest BCUT2D eigenvalue weighted by atomic mass is 79.9. The van der Waals surface area contributed by atoms with Crippen LogP contribution in [-0.2, 0) is 0 Å². The van der Waals surface area contributed by atoms with Crippen molar-refractivity contribution in [3.05, 3.63) is 34.8 Å². The Morgan fingerprint density at radius 2 is 2.06 bits per heavy atom. The molecule has 0 unspecified atom stereocenters. The van der Waals surface area contributed by atoms with Crippen LogP contribution in [0.15, 0.2) is 34.8 Å². The van der Waals surface area contributed by atoms with Gasteiger partial charge in [-0.2, -0.15) is 0 Å². The normalized spacial score (nSPS) is 15.3. The maximum Gasteiger partial charge on any atom is 0.126 e. The molecular weight excluding hydrogens is 264 g/mol. The summed E-state index contributed by atoms with van der Waals surface area (Å²) in [5.74, 6) is 1.86. The van der Waals surface area contributed by atoms with Gasteiger partial charge in [-0.25, -0.2) is 4.98 Å². The lowest BCUT2D eigenvalue weighted by molar-refractivity contribution is 0.884. The van der Waals surface area contributed by atoms with E-state index in [9.17, 15) is 0 Å². The molecule has 82 valence electrons. The smallest absolute Gasteiger partial charge is 0.126 e. The van der Waals surface area contributed by atoms with Crippen LogP contribution in [0.1, 0.15) is 12.8 Å². The van der Waals surface area contributed by atoms with Crippen molar-refractivity contribution in [2.45, 2.75) is 12.8 Å². The number of aromatic nitrogens is 1. The summed E-state index contributed by atoms with van der Waals surface area (Å²) in [6.45, 7) is 1.06. The van der Waals surface area contributed by atoms with Crippen LogP contribution in [0, 0.1) is 5.92 Å². The van der Waals surface area contributed by atoms with Gasteiger partial charge in [0, 0.05) is 16.4 Å². The zero-order valence-corrected chi connectivity index (χ0v) is 10.5. The summed E-state index contributed by atoms with van der Waals surface area (Å²) < 4.78 is 1.08. The van der Waals surface area contributed by atoms with E-state index < -0.39 is 0 Å². The van der Waals surface area contributed by atoms with Crippen LogP contribution in [0.3, 0.4) is 0 Å². The highest BCUT2D eigenvalue weighted by Gasteiger charge is 2.20. The van der Waals surface area contributed by atoms with E-state index in [0.29, 0.717) is 0 Å². The Morgan fingerprint density at radius 3 is 2.88 bits per heavy atom. The molecule has 0 radical (unpaired) electrons. The summed E-state index contributed by atoms with van der Waals surface area (Å²) in [5.41, 5.74) is 1.04.